The predicted molar refractivity (Wildman–Crippen MR) is 92.2 cm³/mol. The van der Waals surface area contributed by atoms with Crippen LogP contribution in [-0.4, -0.2) is 37.8 Å². The summed E-state index contributed by atoms with van der Waals surface area (Å²) in [5.74, 6) is -0.256. The van der Waals surface area contributed by atoms with E-state index in [-0.39, 0.29) is 43.8 Å². The van der Waals surface area contributed by atoms with Gasteiger partial charge in [-0.1, -0.05) is 32.0 Å². The van der Waals surface area contributed by atoms with E-state index in [4.69, 9.17) is 4.74 Å². The molecule has 1 aromatic rings. The number of amides is 1. The summed E-state index contributed by atoms with van der Waals surface area (Å²) in [5.41, 5.74) is -0.543. The maximum Gasteiger partial charge on any atom is 0.308 e. The molecule has 0 saturated heterocycles. The van der Waals surface area contributed by atoms with E-state index in [1.54, 1.807) is 0 Å². The number of hydrogen-bond donors (Lipinski definition) is 1. The molecule has 0 unspecified atom stereocenters. The Bertz CT molecular complexity index is 619. The Morgan fingerprint density at radius 3 is 2.76 bits per heavy atom. The van der Waals surface area contributed by atoms with Crippen molar-refractivity contribution in [2.45, 2.75) is 44.7 Å². The maximum absolute atomic E-state index is 14.7. The highest BCUT2D eigenvalue weighted by Crippen LogP contribution is 2.37. The van der Waals surface area contributed by atoms with Crippen molar-refractivity contribution >= 4 is 11.9 Å². The second kappa shape index (κ2) is 8.32. The van der Waals surface area contributed by atoms with E-state index >= 15 is 0 Å². The van der Waals surface area contributed by atoms with E-state index in [2.05, 4.69) is 10.1 Å². The minimum absolute atomic E-state index is 0.0804. The van der Waals surface area contributed by atoms with Crippen molar-refractivity contribution in [1.82, 2.24) is 5.32 Å². The zero-order valence-corrected chi connectivity index (χ0v) is 15.0. The Labute approximate surface area is 147 Å². The molecule has 1 aliphatic rings. The molecule has 2 rings (SSSR count). The fraction of sp³-hybridized carbons (Fsp3) is 0.579. The van der Waals surface area contributed by atoms with Gasteiger partial charge in [0.05, 0.1) is 19.6 Å². The number of methoxy groups -OCH3 is 1. The number of esters is 1. The van der Waals surface area contributed by atoms with Gasteiger partial charge in [-0.05, 0) is 36.8 Å². The van der Waals surface area contributed by atoms with E-state index in [9.17, 15) is 14.0 Å². The van der Waals surface area contributed by atoms with Crippen molar-refractivity contribution in [3.05, 3.63) is 29.8 Å². The lowest BCUT2D eigenvalue weighted by atomic mass is 10.0. The monoisotopic (exact) mass is 351 g/mol. The average molecular weight is 351 g/mol. The molecule has 0 aromatic heterocycles. The van der Waals surface area contributed by atoms with Crippen LogP contribution in [0.25, 0.3) is 0 Å². The Morgan fingerprint density at radius 2 is 2.08 bits per heavy atom. The zero-order chi connectivity index (χ0) is 18.4. The van der Waals surface area contributed by atoms with Gasteiger partial charge < -0.3 is 14.8 Å². The second-order valence-corrected chi connectivity index (χ2v) is 6.87. The second-order valence-electron chi connectivity index (χ2n) is 6.87. The molecule has 0 aliphatic heterocycles. The first kappa shape index (κ1) is 19.2. The molecular weight excluding hydrogens is 325 g/mol. The molecule has 1 fully saturated rings. The van der Waals surface area contributed by atoms with E-state index in [0.29, 0.717) is 12.2 Å². The molecule has 1 aromatic carbocycles. The van der Waals surface area contributed by atoms with E-state index in [1.807, 2.05) is 38.1 Å². The third kappa shape index (κ3) is 5.18. The molecule has 6 heteroatoms. The van der Waals surface area contributed by atoms with E-state index in [0.717, 1.165) is 5.56 Å². The summed E-state index contributed by atoms with van der Waals surface area (Å²) in [7, 11) is 1.30. The van der Waals surface area contributed by atoms with Crippen LogP contribution in [0.3, 0.4) is 0 Å². The molecule has 5 nitrogen and oxygen atoms in total. The summed E-state index contributed by atoms with van der Waals surface area (Å²) in [6, 6.07) is 7.55. The highest BCUT2D eigenvalue weighted by Gasteiger charge is 2.42. The summed E-state index contributed by atoms with van der Waals surface area (Å²) >= 11 is 0. The van der Waals surface area contributed by atoms with E-state index < -0.39 is 11.6 Å². The van der Waals surface area contributed by atoms with Gasteiger partial charge in [-0.25, -0.2) is 4.39 Å². The van der Waals surface area contributed by atoms with Crippen LogP contribution in [0.2, 0.25) is 0 Å². The predicted octanol–water partition coefficient (Wildman–Crippen LogP) is 2.99. The highest BCUT2D eigenvalue weighted by atomic mass is 19.1. The maximum atomic E-state index is 14.7. The lowest BCUT2D eigenvalue weighted by Gasteiger charge is -2.20. The van der Waals surface area contributed by atoms with Crippen LogP contribution >= 0.6 is 0 Å². The number of alkyl halides is 1. The summed E-state index contributed by atoms with van der Waals surface area (Å²) < 4.78 is 24.9. The normalized spacial score (nSPS) is 22.7. The Hall–Kier alpha value is -2.11. The Kier molecular flexibility index (Phi) is 6.39. The standard InChI is InChI=1S/C19H26FNO4/c1-13(2)15-6-4-5-7-16(15)25-11-17(22)21-12-19(20)9-8-14(10-19)18(23)24-3/h4-7,13-14H,8-12H2,1-3H3,(H,21,22)/t14-,19-/m1/s1. The number of ether oxygens (including phenoxy) is 2. The topological polar surface area (TPSA) is 64.6 Å². The van der Waals surface area contributed by atoms with Crippen LogP contribution < -0.4 is 10.1 Å². The molecule has 1 saturated carbocycles. The van der Waals surface area contributed by atoms with Gasteiger partial charge >= 0.3 is 5.97 Å². The Balaban J connectivity index is 1.81. The van der Waals surface area contributed by atoms with E-state index in [1.165, 1.54) is 7.11 Å². The largest absolute Gasteiger partial charge is 0.483 e. The summed E-state index contributed by atoms with van der Waals surface area (Å²) in [4.78, 5) is 23.5. The van der Waals surface area contributed by atoms with Crippen LogP contribution in [0.15, 0.2) is 24.3 Å². The van der Waals surface area contributed by atoms with Gasteiger partial charge in [0, 0.05) is 0 Å². The first-order valence-electron chi connectivity index (χ1n) is 8.60. The molecule has 1 aliphatic carbocycles. The molecular formula is C19H26FNO4. The van der Waals surface area contributed by atoms with Gasteiger partial charge in [-0.15, -0.1) is 0 Å². The molecule has 2 atom stereocenters. The quantitative estimate of drug-likeness (QED) is 0.767. The van der Waals surface area contributed by atoms with Gasteiger partial charge in [0.2, 0.25) is 0 Å². The van der Waals surface area contributed by atoms with Gasteiger partial charge in [0.15, 0.2) is 6.61 Å². The number of rotatable bonds is 7. The number of halogens is 1. The molecule has 0 heterocycles. The average Bonchev–Trinajstić information content (AvgIpc) is 3.00. The lowest BCUT2D eigenvalue weighted by Crippen LogP contribution is -2.40. The highest BCUT2D eigenvalue weighted by molar-refractivity contribution is 5.77. The third-order valence-corrected chi connectivity index (χ3v) is 4.59. The molecule has 0 radical (unpaired) electrons. The molecule has 1 amide bonds. The van der Waals surface area contributed by atoms with Gasteiger partial charge in [0.1, 0.15) is 11.4 Å². The SMILES string of the molecule is COC(=O)[C@@H]1CC[C@](F)(CNC(=O)COc2ccccc2C(C)C)C1. The van der Waals surface area contributed by atoms with Crippen molar-refractivity contribution in [1.29, 1.82) is 0 Å². The fourth-order valence-electron chi connectivity index (χ4n) is 3.15. The van der Waals surface area contributed by atoms with Gasteiger partial charge in [-0.2, -0.15) is 0 Å². The third-order valence-electron chi connectivity index (χ3n) is 4.59. The minimum Gasteiger partial charge on any atom is -0.483 e. The summed E-state index contributed by atoms with van der Waals surface area (Å²) in [6.07, 6.45) is 0.762. The number of benzene rings is 1. The number of hydrogen-bond acceptors (Lipinski definition) is 4. The van der Waals surface area contributed by atoms with Gasteiger partial charge in [0.25, 0.3) is 5.91 Å². The van der Waals surface area contributed by atoms with Crippen molar-refractivity contribution in [2.24, 2.45) is 5.92 Å². The van der Waals surface area contributed by atoms with Crippen molar-refractivity contribution < 1.29 is 23.5 Å². The molecule has 1 N–H and O–H groups in total. The number of carbonyl (C=O) groups excluding carboxylic acids is 2. The molecule has 0 spiro atoms. The molecule has 138 valence electrons. The van der Waals surface area contributed by atoms with Crippen LogP contribution in [0.5, 0.6) is 5.75 Å². The van der Waals surface area contributed by atoms with Crippen LogP contribution in [0, 0.1) is 5.92 Å². The summed E-state index contributed by atoms with van der Waals surface area (Å²) in [6.45, 7) is 3.81. The van der Waals surface area contributed by atoms with Gasteiger partial charge in [-0.3, -0.25) is 9.59 Å². The number of carbonyl (C=O) groups is 2. The first-order chi connectivity index (χ1) is 11.8. The number of nitrogens with one attached hydrogen (secondary N) is 1. The smallest absolute Gasteiger partial charge is 0.308 e. The van der Waals surface area contributed by atoms with Crippen molar-refractivity contribution in [3.8, 4) is 5.75 Å². The van der Waals surface area contributed by atoms with Crippen LogP contribution in [-0.2, 0) is 14.3 Å². The van der Waals surface area contributed by atoms with Crippen LogP contribution in [0.1, 0.15) is 44.6 Å². The number of para-hydroxylation sites is 1. The molecule has 0 bridgehead atoms. The zero-order valence-electron chi connectivity index (χ0n) is 15.0. The van der Waals surface area contributed by atoms with Crippen molar-refractivity contribution in [3.63, 3.8) is 0 Å². The minimum atomic E-state index is -1.57. The fourth-order valence-corrected chi connectivity index (χ4v) is 3.15. The van der Waals surface area contributed by atoms with Crippen LogP contribution in [0.4, 0.5) is 4.39 Å². The Morgan fingerprint density at radius 1 is 1.36 bits per heavy atom. The lowest BCUT2D eigenvalue weighted by molar-refractivity contribution is -0.145. The first-order valence-corrected chi connectivity index (χ1v) is 8.60. The molecule has 25 heavy (non-hydrogen) atoms. The summed E-state index contributed by atoms with van der Waals surface area (Å²) in [5, 5.41) is 2.57. The van der Waals surface area contributed by atoms with Crippen molar-refractivity contribution in [2.75, 3.05) is 20.3 Å².